The maximum Gasteiger partial charge on any atom is 0.0447 e. The average molecular weight is 192 g/mol. The van der Waals surface area contributed by atoms with Crippen LogP contribution in [-0.2, 0) is 0 Å². The summed E-state index contributed by atoms with van der Waals surface area (Å²) in [6, 6.07) is 6.04. The summed E-state index contributed by atoms with van der Waals surface area (Å²) in [7, 11) is 0. The maximum absolute atomic E-state index is 5.77. The normalized spacial score (nSPS) is 15.1. The fraction of sp³-hybridized carbons (Fsp3) is 0.583. The summed E-state index contributed by atoms with van der Waals surface area (Å²) in [6.07, 6.45) is 4.20. The van der Waals surface area contributed by atoms with Gasteiger partial charge in [0.1, 0.15) is 0 Å². The molecule has 78 valence electrons. The number of hydrogen-bond acceptors (Lipinski definition) is 2. The van der Waals surface area contributed by atoms with E-state index < -0.39 is 0 Å². The van der Waals surface area contributed by atoms with Crippen molar-refractivity contribution >= 4 is 0 Å². The van der Waals surface area contributed by atoms with Gasteiger partial charge in [0, 0.05) is 24.4 Å². The summed E-state index contributed by atoms with van der Waals surface area (Å²) < 4.78 is 0. The molecule has 0 bridgehead atoms. The van der Waals surface area contributed by atoms with Crippen LogP contribution in [0, 0.1) is 5.92 Å². The molecule has 2 atom stereocenters. The van der Waals surface area contributed by atoms with Crippen molar-refractivity contribution in [1.82, 2.24) is 4.98 Å². The minimum absolute atomic E-state index is 0.422. The van der Waals surface area contributed by atoms with Gasteiger partial charge in [0.2, 0.25) is 0 Å². The van der Waals surface area contributed by atoms with E-state index in [1.54, 1.807) is 0 Å². The first-order valence-corrected chi connectivity index (χ1v) is 5.38. The highest BCUT2D eigenvalue weighted by Crippen LogP contribution is 2.22. The van der Waals surface area contributed by atoms with Crippen molar-refractivity contribution in [2.45, 2.75) is 32.6 Å². The molecule has 0 amide bonds. The fourth-order valence-electron chi connectivity index (χ4n) is 1.61. The third-order valence-corrected chi connectivity index (χ3v) is 2.77. The summed E-state index contributed by atoms with van der Waals surface area (Å²) >= 11 is 0. The largest absolute Gasteiger partial charge is 0.330 e. The minimum atomic E-state index is 0.422. The van der Waals surface area contributed by atoms with E-state index in [9.17, 15) is 0 Å². The standard InChI is InChI=1S/C12H20N2/c1-3-10(2)8-11(9-13)12-6-4-5-7-14-12/h4-7,10-11H,3,8-9,13H2,1-2H3/t10-,11+/m1/s1. The third-order valence-electron chi connectivity index (χ3n) is 2.77. The summed E-state index contributed by atoms with van der Waals surface area (Å²) in [6.45, 7) is 5.18. The molecule has 2 N–H and O–H groups in total. The molecule has 1 aromatic heterocycles. The zero-order valence-electron chi connectivity index (χ0n) is 9.11. The van der Waals surface area contributed by atoms with Crippen molar-refractivity contribution in [2.24, 2.45) is 11.7 Å². The Balaban J connectivity index is 2.63. The number of nitrogens with two attached hydrogens (primary N) is 1. The molecule has 0 aliphatic rings. The molecule has 1 rings (SSSR count). The molecule has 1 aromatic rings. The van der Waals surface area contributed by atoms with E-state index in [2.05, 4.69) is 24.9 Å². The maximum atomic E-state index is 5.77. The van der Waals surface area contributed by atoms with Crippen LogP contribution in [0.1, 0.15) is 38.3 Å². The van der Waals surface area contributed by atoms with E-state index in [1.165, 1.54) is 6.42 Å². The molecule has 0 aliphatic carbocycles. The van der Waals surface area contributed by atoms with Gasteiger partial charge >= 0.3 is 0 Å². The first kappa shape index (κ1) is 11.2. The van der Waals surface area contributed by atoms with Crippen molar-refractivity contribution in [1.29, 1.82) is 0 Å². The Hall–Kier alpha value is -0.890. The van der Waals surface area contributed by atoms with Crippen molar-refractivity contribution < 1.29 is 0 Å². The minimum Gasteiger partial charge on any atom is -0.330 e. The van der Waals surface area contributed by atoms with E-state index >= 15 is 0 Å². The predicted molar refractivity (Wildman–Crippen MR) is 60.1 cm³/mol. The van der Waals surface area contributed by atoms with Crippen molar-refractivity contribution in [3.63, 3.8) is 0 Å². The zero-order valence-corrected chi connectivity index (χ0v) is 9.11. The lowest BCUT2D eigenvalue weighted by molar-refractivity contribution is 0.453. The summed E-state index contributed by atoms with van der Waals surface area (Å²) in [5, 5.41) is 0. The molecule has 0 unspecified atom stereocenters. The smallest absolute Gasteiger partial charge is 0.0447 e. The molecule has 0 saturated carbocycles. The molecule has 0 spiro atoms. The van der Waals surface area contributed by atoms with Crippen LogP contribution < -0.4 is 5.73 Å². The second-order valence-electron chi connectivity index (χ2n) is 3.94. The molecule has 2 heteroatoms. The second-order valence-corrected chi connectivity index (χ2v) is 3.94. The van der Waals surface area contributed by atoms with Crippen molar-refractivity contribution in [3.8, 4) is 0 Å². The first-order chi connectivity index (χ1) is 6.77. The Bertz CT molecular complexity index is 246. The van der Waals surface area contributed by atoms with Crippen LogP contribution in [0.5, 0.6) is 0 Å². The number of rotatable bonds is 5. The first-order valence-electron chi connectivity index (χ1n) is 5.38. The highest BCUT2D eigenvalue weighted by Gasteiger charge is 2.13. The summed E-state index contributed by atoms with van der Waals surface area (Å²) in [5.74, 6) is 1.15. The molecular weight excluding hydrogens is 172 g/mol. The highest BCUT2D eigenvalue weighted by molar-refractivity contribution is 5.09. The van der Waals surface area contributed by atoms with E-state index in [0.29, 0.717) is 12.5 Å². The van der Waals surface area contributed by atoms with E-state index in [1.807, 2.05) is 18.3 Å². The van der Waals surface area contributed by atoms with E-state index in [-0.39, 0.29) is 0 Å². The predicted octanol–water partition coefficient (Wildman–Crippen LogP) is 2.56. The van der Waals surface area contributed by atoms with Gasteiger partial charge in [-0.05, 0) is 24.5 Å². The third kappa shape index (κ3) is 3.11. The molecule has 14 heavy (non-hydrogen) atoms. The van der Waals surface area contributed by atoms with E-state index in [0.717, 1.165) is 18.0 Å². The molecule has 0 saturated heterocycles. The highest BCUT2D eigenvalue weighted by atomic mass is 14.7. The number of hydrogen-bond donors (Lipinski definition) is 1. The molecule has 1 heterocycles. The number of nitrogens with zero attached hydrogens (tertiary/aromatic N) is 1. The van der Waals surface area contributed by atoms with Crippen LogP contribution in [0.25, 0.3) is 0 Å². The molecular formula is C12H20N2. The van der Waals surface area contributed by atoms with Crippen molar-refractivity contribution in [3.05, 3.63) is 30.1 Å². The monoisotopic (exact) mass is 192 g/mol. The van der Waals surface area contributed by atoms with Gasteiger partial charge in [0.05, 0.1) is 0 Å². The Morgan fingerprint density at radius 1 is 1.43 bits per heavy atom. The lowest BCUT2D eigenvalue weighted by Gasteiger charge is -2.17. The summed E-state index contributed by atoms with van der Waals surface area (Å²) in [4.78, 5) is 4.36. The van der Waals surface area contributed by atoms with Crippen LogP contribution in [0.2, 0.25) is 0 Å². The topological polar surface area (TPSA) is 38.9 Å². The Kier molecular flexibility index (Phi) is 4.60. The van der Waals surface area contributed by atoms with Crippen LogP contribution in [0.3, 0.4) is 0 Å². The molecule has 0 fully saturated rings. The molecule has 0 radical (unpaired) electrons. The van der Waals surface area contributed by atoms with Crippen LogP contribution >= 0.6 is 0 Å². The van der Waals surface area contributed by atoms with Crippen LogP contribution in [-0.4, -0.2) is 11.5 Å². The lowest BCUT2D eigenvalue weighted by Crippen LogP contribution is -2.16. The van der Waals surface area contributed by atoms with Gasteiger partial charge < -0.3 is 5.73 Å². The summed E-state index contributed by atoms with van der Waals surface area (Å²) in [5.41, 5.74) is 6.90. The second kappa shape index (κ2) is 5.76. The van der Waals surface area contributed by atoms with Crippen LogP contribution in [0.4, 0.5) is 0 Å². The average Bonchev–Trinajstić information content (AvgIpc) is 2.26. The van der Waals surface area contributed by atoms with E-state index in [4.69, 9.17) is 5.73 Å². The van der Waals surface area contributed by atoms with Gasteiger partial charge in [-0.25, -0.2) is 0 Å². The van der Waals surface area contributed by atoms with Gasteiger partial charge in [0.25, 0.3) is 0 Å². The molecule has 0 aromatic carbocycles. The lowest BCUT2D eigenvalue weighted by atomic mass is 9.91. The van der Waals surface area contributed by atoms with Gasteiger partial charge in [-0.15, -0.1) is 0 Å². The number of aromatic nitrogens is 1. The van der Waals surface area contributed by atoms with Gasteiger partial charge in [0.15, 0.2) is 0 Å². The van der Waals surface area contributed by atoms with Gasteiger partial charge in [-0.1, -0.05) is 26.3 Å². The van der Waals surface area contributed by atoms with Gasteiger partial charge in [-0.3, -0.25) is 4.98 Å². The van der Waals surface area contributed by atoms with Crippen molar-refractivity contribution in [2.75, 3.05) is 6.54 Å². The Labute approximate surface area is 86.5 Å². The molecule has 2 nitrogen and oxygen atoms in total. The molecule has 0 aliphatic heterocycles. The fourth-order valence-corrected chi connectivity index (χ4v) is 1.61. The quantitative estimate of drug-likeness (QED) is 0.778. The van der Waals surface area contributed by atoms with Crippen LogP contribution in [0.15, 0.2) is 24.4 Å². The number of pyridine rings is 1. The SMILES string of the molecule is CC[C@@H](C)C[C@@H](CN)c1ccccn1. The Morgan fingerprint density at radius 3 is 2.71 bits per heavy atom. The zero-order chi connectivity index (χ0) is 10.4. The Morgan fingerprint density at radius 2 is 2.21 bits per heavy atom. The van der Waals surface area contributed by atoms with Gasteiger partial charge in [-0.2, -0.15) is 0 Å².